The fourth-order valence-corrected chi connectivity index (χ4v) is 4.63. The Bertz CT molecular complexity index is 1770. The Morgan fingerprint density at radius 1 is 1.06 bits per heavy atom. The maximum Gasteiger partial charge on any atom is 0.224 e. The van der Waals surface area contributed by atoms with Gasteiger partial charge in [-0.3, -0.25) is 24.8 Å². The highest BCUT2D eigenvalue weighted by atomic mass is 32.1. The zero-order valence-electron chi connectivity index (χ0n) is 18.6. The second-order valence-electron chi connectivity index (χ2n) is 7.89. The molecule has 9 nitrogen and oxygen atoms in total. The molecule has 0 aliphatic rings. The van der Waals surface area contributed by atoms with Crippen molar-refractivity contribution < 1.29 is 13.6 Å². The topological polar surface area (TPSA) is 125 Å². The molecule has 6 heterocycles. The number of carbonyl (C=O) groups excluding carboxylic acids is 1. The van der Waals surface area contributed by atoms with Gasteiger partial charge < -0.3 is 10.3 Å². The number of nitrogens with one attached hydrogen (secondary N) is 3. The van der Waals surface area contributed by atoms with E-state index in [4.69, 9.17) is 0 Å². The lowest BCUT2D eigenvalue weighted by molar-refractivity contribution is -0.115. The van der Waals surface area contributed by atoms with Crippen LogP contribution in [0.4, 0.5) is 14.5 Å². The highest BCUT2D eigenvalue weighted by Crippen LogP contribution is 2.35. The maximum absolute atomic E-state index is 15.9. The van der Waals surface area contributed by atoms with Crippen molar-refractivity contribution >= 4 is 44.9 Å². The summed E-state index contributed by atoms with van der Waals surface area (Å²) >= 11 is 0.968. The minimum absolute atomic E-state index is 0.0535. The van der Waals surface area contributed by atoms with Crippen LogP contribution in [0, 0.1) is 10.9 Å². The van der Waals surface area contributed by atoms with Crippen LogP contribution in [-0.4, -0.2) is 41.0 Å². The van der Waals surface area contributed by atoms with E-state index >= 15 is 4.39 Å². The second kappa shape index (κ2) is 8.57. The number of fused-ring (bicyclic) bond motifs is 2. The van der Waals surface area contributed by atoms with Crippen LogP contribution in [0.5, 0.6) is 0 Å². The molecular formula is C24H16F2N8OS. The van der Waals surface area contributed by atoms with Gasteiger partial charge in [0.1, 0.15) is 22.6 Å². The monoisotopic (exact) mass is 502 g/mol. The molecule has 0 spiro atoms. The van der Waals surface area contributed by atoms with Crippen LogP contribution < -0.4 is 5.32 Å². The molecule has 0 fully saturated rings. The van der Waals surface area contributed by atoms with Crippen molar-refractivity contribution in [2.24, 2.45) is 0 Å². The van der Waals surface area contributed by atoms with Crippen molar-refractivity contribution in [2.45, 2.75) is 13.3 Å². The molecule has 178 valence electrons. The van der Waals surface area contributed by atoms with Crippen LogP contribution in [0.25, 0.3) is 55.3 Å². The van der Waals surface area contributed by atoms with E-state index in [1.807, 2.05) is 0 Å². The summed E-state index contributed by atoms with van der Waals surface area (Å²) in [5, 5.41) is 9.66. The van der Waals surface area contributed by atoms with Crippen LogP contribution in [0.3, 0.4) is 0 Å². The third-order valence-electron chi connectivity index (χ3n) is 5.59. The van der Waals surface area contributed by atoms with Gasteiger partial charge in [0.05, 0.1) is 39.4 Å². The van der Waals surface area contributed by atoms with E-state index in [9.17, 15) is 9.18 Å². The molecule has 6 rings (SSSR count). The number of nitrogens with zero attached hydrogens (tertiary/aromatic N) is 5. The number of anilines is 1. The number of aromatic amines is 2. The van der Waals surface area contributed by atoms with E-state index in [0.717, 1.165) is 11.3 Å². The number of hydrogen-bond donors (Lipinski definition) is 3. The first-order valence-electron chi connectivity index (χ1n) is 10.9. The Hall–Kier alpha value is -4.58. The largest absolute Gasteiger partial charge is 0.336 e. The van der Waals surface area contributed by atoms with E-state index in [1.165, 1.54) is 24.7 Å². The van der Waals surface area contributed by atoms with Crippen molar-refractivity contribution in [3.63, 3.8) is 0 Å². The van der Waals surface area contributed by atoms with Crippen molar-refractivity contribution in [1.29, 1.82) is 0 Å². The summed E-state index contributed by atoms with van der Waals surface area (Å²) in [7, 11) is 0. The number of H-pyrrole nitrogens is 2. The zero-order chi connectivity index (χ0) is 24.8. The van der Waals surface area contributed by atoms with Crippen molar-refractivity contribution in [3.05, 3.63) is 60.0 Å². The van der Waals surface area contributed by atoms with Gasteiger partial charge in [0.15, 0.2) is 16.8 Å². The molecule has 6 aromatic rings. The lowest BCUT2D eigenvalue weighted by Crippen LogP contribution is -2.09. The lowest BCUT2D eigenvalue weighted by Gasteiger charge is -2.07. The fraction of sp³-hybridized carbons (Fsp3) is 0.0833. The van der Waals surface area contributed by atoms with Crippen molar-refractivity contribution in [2.75, 3.05) is 5.32 Å². The molecule has 0 bridgehead atoms. The fourth-order valence-electron chi connectivity index (χ4n) is 3.90. The van der Waals surface area contributed by atoms with Crippen LogP contribution in [-0.2, 0) is 4.79 Å². The Labute approximate surface area is 205 Å². The number of amides is 1. The number of halogens is 2. The molecule has 1 amide bonds. The number of aromatic nitrogens is 7. The summed E-state index contributed by atoms with van der Waals surface area (Å²) in [6.07, 6.45) is 6.33. The highest BCUT2D eigenvalue weighted by Gasteiger charge is 2.22. The third-order valence-corrected chi connectivity index (χ3v) is 6.47. The number of imidazole rings is 1. The van der Waals surface area contributed by atoms with Crippen molar-refractivity contribution in [3.8, 4) is 33.3 Å². The quantitative estimate of drug-likeness (QED) is 0.293. The standard InChI is InChI=1S/C24H16F2N8OS/c1-2-17(35)30-12-7-11(8-27-9-12)20-19(26)18-14(10-29-20)33-34-23(18)24-31-13-5-6-28-22(21(13)32-24)15-3-4-16(25)36-15/h3-10H,2H2,1H3,(H,30,35)(H,31,32)(H,33,34). The van der Waals surface area contributed by atoms with Gasteiger partial charge in [0, 0.05) is 24.4 Å². The summed E-state index contributed by atoms with van der Waals surface area (Å²) < 4.78 is 29.5. The van der Waals surface area contributed by atoms with Crippen LogP contribution in [0.2, 0.25) is 0 Å². The van der Waals surface area contributed by atoms with E-state index < -0.39 is 5.82 Å². The molecule has 0 saturated carbocycles. The Morgan fingerprint density at radius 3 is 2.75 bits per heavy atom. The third kappa shape index (κ3) is 3.67. The molecule has 0 aliphatic heterocycles. The second-order valence-corrected chi connectivity index (χ2v) is 8.92. The Balaban J connectivity index is 1.47. The van der Waals surface area contributed by atoms with E-state index in [0.29, 0.717) is 50.6 Å². The number of carbonyl (C=O) groups is 1. The average molecular weight is 503 g/mol. The van der Waals surface area contributed by atoms with Crippen molar-refractivity contribution in [1.82, 2.24) is 35.1 Å². The summed E-state index contributed by atoms with van der Waals surface area (Å²) in [6, 6.07) is 6.36. The molecule has 0 aromatic carbocycles. The first kappa shape index (κ1) is 21.9. The van der Waals surface area contributed by atoms with Gasteiger partial charge in [-0.15, -0.1) is 11.3 Å². The van der Waals surface area contributed by atoms with Gasteiger partial charge in [0.2, 0.25) is 5.91 Å². The summed E-state index contributed by atoms with van der Waals surface area (Å²) in [6.45, 7) is 1.73. The predicted octanol–water partition coefficient (Wildman–Crippen LogP) is 5.31. The van der Waals surface area contributed by atoms with Gasteiger partial charge >= 0.3 is 0 Å². The van der Waals surface area contributed by atoms with Gasteiger partial charge in [-0.25, -0.2) is 9.37 Å². The smallest absolute Gasteiger partial charge is 0.224 e. The summed E-state index contributed by atoms with van der Waals surface area (Å²) in [4.78, 5) is 32.9. The first-order valence-corrected chi connectivity index (χ1v) is 11.7. The van der Waals surface area contributed by atoms with Gasteiger partial charge in [-0.1, -0.05) is 6.92 Å². The van der Waals surface area contributed by atoms with E-state index in [1.54, 1.807) is 31.3 Å². The Kier molecular flexibility index (Phi) is 5.22. The Morgan fingerprint density at radius 2 is 1.94 bits per heavy atom. The number of hydrogen-bond acceptors (Lipinski definition) is 7. The van der Waals surface area contributed by atoms with E-state index in [-0.39, 0.29) is 27.8 Å². The predicted molar refractivity (Wildman–Crippen MR) is 132 cm³/mol. The summed E-state index contributed by atoms with van der Waals surface area (Å²) in [5.74, 6) is -0.476. The normalized spacial score (nSPS) is 11.4. The maximum atomic E-state index is 15.9. The average Bonchev–Trinajstić information content (AvgIpc) is 3.62. The number of pyridine rings is 3. The zero-order valence-corrected chi connectivity index (χ0v) is 19.5. The molecule has 0 radical (unpaired) electrons. The highest BCUT2D eigenvalue weighted by molar-refractivity contribution is 7.13. The molecule has 0 aliphatic carbocycles. The van der Waals surface area contributed by atoms with Gasteiger partial charge in [0.25, 0.3) is 0 Å². The molecule has 3 N–H and O–H groups in total. The lowest BCUT2D eigenvalue weighted by atomic mass is 10.1. The van der Waals surface area contributed by atoms with Crippen LogP contribution >= 0.6 is 11.3 Å². The molecule has 0 saturated heterocycles. The van der Waals surface area contributed by atoms with Gasteiger partial charge in [-0.2, -0.15) is 9.49 Å². The van der Waals surface area contributed by atoms with E-state index in [2.05, 4.69) is 40.4 Å². The molecule has 6 aromatic heterocycles. The summed E-state index contributed by atoms with van der Waals surface area (Å²) in [5.41, 5.74) is 3.22. The van der Waals surface area contributed by atoms with Crippen LogP contribution in [0.15, 0.2) is 49.1 Å². The minimum Gasteiger partial charge on any atom is -0.336 e. The molecule has 12 heteroatoms. The SMILES string of the molecule is CCC(=O)Nc1cncc(-c2ncc3[nH]nc(-c4nc5c(-c6ccc(F)s6)nccc5[nH]4)c3c2F)c1. The molecule has 36 heavy (non-hydrogen) atoms. The number of thiophene rings is 1. The van der Waals surface area contributed by atoms with Crippen LogP contribution in [0.1, 0.15) is 13.3 Å². The molecule has 0 unspecified atom stereocenters. The first-order chi connectivity index (χ1) is 17.5. The minimum atomic E-state index is -0.615. The van der Waals surface area contributed by atoms with Gasteiger partial charge in [-0.05, 0) is 24.3 Å². The molecular weight excluding hydrogens is 486 g/mol. The number of rotatable bonds is 5. The molecule has 0 atom stereocenters.